The number of aromatic nitrogens is 1. The molecule has 0 unspecified atom stereocenters. The van der Waals surface area contributed by atoms with Crippen molar-refractivity contribution >= 4 is 51.7 Å². The van der Waals surface area contributed by atoms with Gasteiger partial charge in [-0.05, 0) is 24.6 Å². The van der Waals surface area contributed by atoms with E-state index in [1.165, 1.54) is 52.3 Å². The number of rotatable bonds is 11. The Hall–Kier alpha value is -3.53. The van der Waals surface area contributed by atoms with E-state index in [0.717, 1.165) is 4.91 Å². The number of carbonyl (C=O) groups is 3. The Labute approximate surface area is 243 Å². The van der Waals surface area contributed by atoms with E-state index in [0.29, 0.717) is 23.8 Å². The van der Waals surface area contributed by atoms with Gasteiger partial charge < -0.3 is 30.1 Å². The molecule has 1 aromatic carbocycles. The molecule has 0 bridgehead atoms. The Morgan fingerprint density at radius 1 is 1.32 bits per heavy atom. The maximum Gasteiger partial charge on any atom is 0.356 e. The lowest BCUT2D eigenvalue weighted by atomic mass is 9.79. The van der Waals surface area contributed by atoms with E-state index in [2.05, 4.69) is 10.3 Å². The molecule has 0 spiro atoms. The van der Waals surface area contributed by atoms with Crippen molar-refractivity contribution in [2.24, 2.45) is 11.8 Å². The zero-order valence-corrected chi connectivity index (χ0v) is 23.9. The lowest BCUT2D eigenvalue weighted by molar-refractivity contribution is -0.384. The first-order valence-corrected chi connectivity index (χ1v) is 14.8. The van der Waals surface area contributed by atoms with Crippen molar-refractivity contribution in [2.75, 3.05) is 31.1 Å². The number of aliphatic hydroxyl groups excluding tert-OH is 2. The molecule has 2 amide bonds. The van der Waals surface area contributed by atoms with Gasteiger partial charge in [-0.2, -0.15) is 0 Å². The summed E-state index contributed by atoms with van der Waals surface area (Å²) in [5, 5.41) is 35.1. The zero-order valence-electron chi connectivity index (χ0n) is 22.3. The fraction of sp³-hybridized carbons (Fsp3) is 0.462. The highest BCUT2D eigenvalue weighted by Gasteiger charge is 2.60. The van der Waals surface area contributed by atoms with Gasteiger partial charge in [0.15, 0.2) is 5.13 Å². The van der Waals surface area contributed by atoms with Crippen LogP contribution in [0.15, 0.2) is 40.2 Å². The van der Waals surface area contributed by atoms with Gasteiger partial charge in [0.2, 0.25) is 5.91 Å². The third-order valence-corrected chi connectivity index (χ3v) is 9.71. The molecule has 5 rings (SSSR count). The lowest BCUT2D eigenvalue weighted by Gasteiger charge is -2.46. The average molecular weight is 604 g/mol. The van der Waals surface area contributed by atoms with Crippen LogP contribution in [0.5, 0.6) is 0 Å². The molecule has 2 fully saturated rings. The summed E-state index contributed by atoms with van der Waals surface area (Å²) >= 11 is 2.85. The van der Waals surface area contributed by atoms with Gasteiger partial charge in [0.1, 0.15) is 18.0 Å². The highest BCUT2D eigenvalue weighted by Crippen LogP contribution is 2.52. The second-order valence-electron chi connectivity index (χ2n) is 10.1. The normalized spacial score (nSPS) is 22.6. The minimum Gasteiger partial charge on any atom is -0.456 e. The number of nitro groups is 1. The van der Waals surface area contributed by atoms with E-state index in [-0.39, 0.29) is 65.9 Å². The van der Waals surface area contributed by atoms with Gasteiger partial charge in [0.25, 0.3) is 11.6 Å². The fourth-order valence-corrected chi connectivity index (χ4v) is 7.56. The number of hydrogen-bond acceptors (Lipinski definition) is 12. The minimum absolute atomic E-state index is 0.0715. The Balaban J connectivity index is 1.28. The van der Waals surface area contributed by atoms with Crippen LogP contribution in [-0.2, 0) is 20.9 Å². The molecule has 41 heavy (non-hydrogen) atoms. The molecule has 15 heteroatoms. The number of β-lactam (4-membered cyclic amide) rings is 1. The molecule has 1 aromatic heterocycles. The molecule has 2 saturated heterocycles. The molecule has 3 aliphatic rings. The van der Waals surface area contributed by atoms with Crippen molar-refractivity contribution in [2.45, 2.75) is 37.9 Å². The summed E-state index contributed by atoms with van der Waals surface area (Å²) in [4.78, 5) is 57.4. The smallest absolute Gasteiger partial charge is 0.356 e. The van der Waals surface area contributed by atoms with Gasteiger partial charge >= 0.3 is 5.97 Å². The van der Waals surface area contributed by atoms with Crippen LogP contribution in [0, 0.1) is 22.0 Å². The number of non-ortho nitro benzene ring substituents is 1. The first kappa shape index (κ1) is 29.0. The Morgan fingerprint density at radius 2 is 2.02 bits per heavy atom. The fourth-order valence-electron chi connectivity index (χ4n) is 5.22. The summed E-state index contributed by atoms with van der Waals surface area (Å²) in [6, 6.07) is 5.34. The van der Waals surface area contributed by atoms with Crippen molar-refractivity contribution < 1.29 is 34.3 Å². The van der Waals surface area contributed by atoms with Crippen molar-refractivity contribution in [3.8, 4) is 0 Å². The largest absolute Gasteiger partial charge is 0.456 e. The molecule has 0 aliphatic carbocycles. The van der Waals surface area contributed by atoms with Gasteiger partial charge in [0.05, 0.1) is 29.6 Å². The molecule has 13 nitrogen and oxygen atoms in total. The second-order valence-corrected chi connectivity index (χ2v) is 12.3. The quantitative estimate of drug-likeness (QED) is 0.147. The number of thioether (sulfide) groups is 1. The van der Waals surface area contributed by atoms with Crippen LogP contribution in [0.1, 0.15) is 29.9 Å². The van der Waals surface area contributed by atoms with Gasteiger partial charge in [0, 0.05) is 53.2 Å². The SMILES string of the molecule is C[C@@H](O)[C@H]1C(=O)N2C(C(=O)OCc3ccc([N+](=O)[O-])cc3)=C(SC3CN(c4nc(C(=O)NCCO)cs4)C3)[C@H](C)[C@H]12. The van der Waals surface area contributed by atoms with Crippen molar-refractivity contribution in [1.82, 2.24) is 15.2 Å². The summed E-state index contributed by atoms with van der Waals surface area (Å²) in [6.07, 6.45) is -0.860. The molecule has 4 atom stereocenters. The summed E-state index contributed by atoms with van der Waals surface area (Å²) < 4.78 is 5.56. The minimum atomic E-state index is -0.860. The Morgan fingerprint density at radius 3 is 2.66 bits per heavy atom. The van der Waals surface area contributed by atoms with Crippen LogP contribution >= 0.6 is 23.1 Å². The number of benzene rings is 1. The predicted molar refractivity (Wildman–Crippen MR) is 150 cm³/mol. The molecular weight excluding hydrogens is 574 g/mol. The first-order valence-electron chi connectivity index (χ1n) is 13.0. The molecule has 218 valence electrons. The molecule has 2 aromatic rings. The molecule has 3 N–H and O–H groups in total. The van der Waals surface area contributed by atoms with E-state index >= 15 is 0 Å². The summed E-state index contributed by atoms with van der Waals surface area (Å²) in [7, 11) is 0. The molecule has 4 heterocycles. The van der Waals surface area contributed by atoms with Crippen LogP contribution < -0.4 is 10.2 Å². The number of hydrogen-bond donors (Lipinski definition) is 3. The summed E-state index contributed by atoms with van der Waals surface area (Å²) in [6.45, 7) is 4.63. The van der Waals surface area contributed by atoms with Crippen LogP contribution in [0.4, 0.5) is 10.8 Å². The summed E-state index contributed by atoms with van der Waals surface area (Å²) in [5.41, 5.74) is 0.969. The number of esters is 1. The monoisotopic (exact) mass is 603 g/mol. The van der Waals surface area contributed by atoms with Crippen molar-refractivity contribution in [3.05, 3.63) is 61.6 Å². The summed E-state index contributed by atoms with van der Waals surface area (Å²) in [5.74, 6) is -2.12. The maximum absolute atomic E-state index is 13.3. The topological polar surface area (TPSA) is 175 Å². The van der Waals surface area contributed by atoms with Gasteiger partial charge in [-0.1, -0.05) is 6.92 Å². The number of aliphatic hydroxyl groups is 2. The van der Waals surface area contributed by atoms with E-state index in [9.17, 15) is 29.6 Å². The van der Waals surface area contributed by atoms with Gasteiger partial charge in [-0.15, -0.1) is 23.1 Å². The third-order valence-electron chi connectivity index (χ3n) is 7.35. The average Bonchev–Trinajstić information content (AvgIpc) is 3.49. The highest BCUT2D eigenvalue weighted by molar-refractivity contribution is 8.03. The number of nitrogens with one attached hydrogen (secondary N) is 1. The van der Waals surface area contributed by atoms with Gasteiger partial charge in [-0.25, -0.2) is 9.78 Å². The molecule has 0 saturated carbocycles. The van der Waals surface area contributed by atoms with E-state index in [1.807, 2.05) is 11.8 Å². The van der Waals surface area contributed by atoms with E-state index < -0.39 is 22.9 Å². The zero-order chi connectivity index (χ0) is 29.4. The Kier molecular flexibility index (Phi) is 8.31. The van der Waals surface area contributed by atoms with Crippen molar-refractivity contribution in [1.29, 1.82) is 0 Å². The van der Waals surface area contributed by atoms with Crippen LogP contribution in [0.25, 0.3) is 0 Å². The first-order chi connectivity index (χ1) is 19.6. The number of nitro benzene ring substituents is 1. The van der Waals surface area contributed by atoms with E-state index in [1.54, 1.807) is 12.3 Å². The van der Waals surface area contributed by atoms with Crippen molar-refractivity contribution in [3.63, 3.8) is 0 Å². The Bertz CT molecular complexity index is 1390. The number of fused-ring (bicyclic) bond motifs is 1. The molecular formula is C26H29N5O8S2. The standard InChI is InChI=1S/C26H29N5O8S2/c1-13-20-19(14(2)33)24(35)30(20)21(25(36)39-11-15-3-5-16(6-4-15)31(37)38)22(13)41-17-9-29(10-17)26-28-18(12-40-26)23(34)27-7-8-32/h3-6,12-14,17,19-20,32-33H,7-11H2,1-2H3,(H,27,34)/t13-,14-,19-,20-/m1/s1. The highest BCUT2D eigenvalue weighted by atomic mass is 32.2. The van der Waals surface area contributed by atoms with E-state index in [4.69, 9.17) is 9.84 Å². The third kappa shape index (κ3) is 5.54. The lowest BCUT2D eigenvalue weighted by Crippen LogP contribution is -2.63. The number of carbonyl (C=O) groups excluding carboxylic acids is 3. The number of thiazole rings is 1. The van der Waals surface area contributed by atoms with Gasteiger partial charge in [-0.3, -0.25) is 19.7 Å². The predicted octanol–water partition coefficient (Wildman–Crippen LogP) is 1.51. The molecule has 0 radical (unpaired) electrons. The number of ether oxygens (including phenoxy) is 1. The number of nitrogens with zero attached hydrogens (tertiary/aromatic N) is 4. The van der Waals surface area contributed by atoms with Crippen LogP contribution in [0.3, 0.4) is 0 Å². The maximum atomic E-state index is 13.3. The van der Waals surface area contributed by atoms with Crippen LogP contribution in [-0.4, -0.2) is 86.4 Å². The molecule has 3 aliphatic heterocycles. The second kappa shape index (κ2) is 11.8. The van der Waals surface area contributed by atoms with Crippen LogP contribution in [0.2, 0.25) is 0 Å². The number of anilines is 1. The number of amides is 2.